The van der Waals surface area contributed by atoms with E-state index in [-0.39, 0.29) is 9.92 Å². The van der Waals surface area contributed by atoms with Gasteiger partial charge in [-0.2, -0.15) is 0 Å². The van der Waals surface area contributed by atoms with E-state index in [4.69, 9.17) is 11.6 Å². The molecule has 0 fully saturated rings. The smallest absolute Gasteiger partial charge is 0.308 e. The Morgan fingerprint density at radius 2 is 1.50 bits per heavy atom. The molecule has 0 radical (unpaired) electrons. The summed E-state index contributed by atoms with van der Waals surface area (Å²) in [5, 5.41) is 5.51. The Hall–Kier alpha value is -3.03. The average molecular weight is 416 g/mol. The normalized spacial score (nSPS) is 10.9. The standard InChI is InChI=1S/C20H18ClN3O3S/c1-14-11-12-16(23-20(25)22-15-7-3-2-4-8-15)13-18(14)24-28(26,27)19-10-6-5-9-17(19)21/h2-13,24H,1H3,(H2,22,23,25). The van der Waals surface area contributed by atoms with Gasteiger partial charge in [0.05, 0.1) is 10.7 Å². The van der Waals surface area contributed by atoms with Crippen LogP contribution >= 0.6 is 11.6 Å². The molecule has 0 heterocycles. The van der Waals surface area contributed by atoms with Gasteiger partial charge in [-0.15, -0.1) is 0 Å². The molecule has 6 nitrogen and oxygen atoms in total. The van der Waals surface area contributed by atoms with Crippen LogP contribution in [0.15, 0.2) is 77.7 Å². The van der Waals surface area contributed by atoms with Crippen LogP contribution in [0.25, 0.3) is 0 Å². The number of sulfonamides is 1. The number of carbonyl (C=O) groups excluding carboxylic acids is 1. The van der Waals surface area contributed by atoms with Crippen LogP contribution in [0.1, 0.15) is 5.56 Å². The van der Waals surface area contributed by atoms with Gasteiger partial charge < -0.3 is 10.6 Å². The van der Waals surface area contributed by atoms with E-state index in [0.29, 0.717) is 22.6 Å². The molecule has 0 saturated carbocycles. The maximum atomic E-state index is 12.7. The molecule has 8 heteroatoms. The number of hydrogen-bond acceptors (Lipinski definition) is 3. The Morgan fingerprint density at radius 3 is 2.21 bits per heavy atom. The maximum absolute atomic E-state index is 12.7. The van der Waals surface area contributed by atoms with E-state index in [2.05, 4.69) is 15.4 Å². The lowest BCUT2D eigenvalue weighted by atomic mass is 10.2. The summed E-state index contributed by atoms with van der Waals surface area (Å²) in [6, 6.07) is 19.7. The third kappa shape index (κ3) is 4.82. The fraction of sp³-hybridized carbons (Fsp3) is 0.0500. The summed E-state index contributed by atoms with van der Waals surface area (Å²) >= 11 is 6.01. The van der Waals surface area contributed by atoms with Gasteiger partial charge in [0, 0.05) is 11.4 Å². The summed E-state index contributed by atoms with van der Waals surface area (Å²) in [6.45, 7) is 1.76. The van der Waals surface area contributed by atoms with Gasteiger partial charge in [-0.1, -0.05) is 48.0 Å². The Labute approximate surface area is 168 Å². The molecule has 2 amide bonds. The molecule has 0 bridgehead atoms. The van der Waals surface area contributed by atoms with Gasteiger partial charge in [0.1, 0.15) is 4.90 Å². The number of carbonyl (C=O) groups is 1. The number of nitrogens with one attached hydrogen (secondary N) is 3. The van der Waals surface area contributed by atoms with Gasteiger partial charge >= 0.3 is 6.03 Å². The highest BCUT2D eigenvalue weighted by atomic mass is 35.5. The summed E-state index contributed by atoms with van der Waals surface area (Å²) in [6.07, 6.45) is 0. The second kappa shape index (κ2) is 8.33. The molecule has 3 aromatic rings. The lowest BCUT2D eigenvalue weighted by Gasteiger charge is -2.14. The summed E-state index contributed by atoms with van der Waals surface area (Å²) in [4.78, 5) is 12.1. The number of halogens is 1. The fourth-order valence-corrected chi connectivity index (χ4v) is 4.13. The predicted molar refractivity (Wildman–Crippen MR) is 113 cm³/mol. The topological polar surface area (TPSA) is 87.3 Å². The number of amides is 2. The molecule has 3 N–H and O–H groups in total. The lowest BCUT2D eigenvalue weighted by molar-refractivity contribution is 0.262. The van der Waals surface area contributed by atoms with E-state index in [9.17, 15) is 13.2 Å². The number of aryl methyl sites for hydroxylation is 1. The first-order valence-corrected chi connectivity index (χ1v) is 10.2. The third-order valence-corrected chi connectivity index (χ3v) is 5.76. The molecule has 0 unspecified atom stereocenters. The lowest BCUT2D eigenvalue weighted by Crippen LogP contribution is -2.20. The van der Waals surface area contributed by atoms with Crippen molar-refractivity contribution in [2.45, 2.75) is 11.8 Å². The van der Waals surface area contributed by atoms with Crippen molar-refractivity contribution in [1.82, 2.24) is 0 Å². The largest absolute Gasteiger partial charge is 0.323 e. The van der Waals surface area contributed by atoms with Crippen molar-refractivity contribution in [3.63, 3.8) is 0 Å². The molecular formula is C20H18ClN3O3S. The molecule has 0 aromatic heterocycles. The van der Waals surface area contributed by atoms with Crippen molar-refractivity contribution in [3.8, 4) is 0 Å². The minimum atomic E-state index is -3.87. The molecule has 3 rings (SSSR count). The quantitative estimate of drug-likeness (QED) is 0.542. The minimum Gasteiger partial charge on any atom is -0.308 e. The Bertz CT molecular complexity index is 1100. The molecule has 28 heavy (non-hydrogen) atoms. The van der Waals surface area contributed by atoms with Gasteiger partial charge in [0.2, 0.25) is 0 Å². The first-order chi connectivity index (χ1) is 13.3. The van der Waals surface area contributed by atoms with E-state index >= 15 is 0 Å². The highest BCUT2D eigenvalue weighted by Gasteiger charge is 2.18. The fourth-order valence-electron chi connectivity index (χ4n) is 2.49. The summed E-state index contributed by atoms with van der Waals surface area (Å²) in [5.74, 6) is 0. The zero-order chi connectivity index (χ0) is 20.1. The summed E-state index contributed by atoms with van der Waals surface area (Å²) in [5.41, 5.74) is 2.13. The van der Waals surface area contributed by atoms with Gasteiger partial charge in [-0.3, -0.25) is 4.72 Å². The Kier molecular flexibility index (Phi) is 5.87. The first kappa shape index (κ1) is 19.7. The number of para-hydroxylation sites is 1. The van der Waals surface area contributed by atoms with Crippen molar-refractivity contribution >= 4 is 44.7 Å². The zero-order valence-corrected chi connectivity index (χ0v) is 16.5. The zero-order valence-electron chi connectivity index (χ0n) is 14.9. The van der Waals surface area contributed by atoms with Gasteiger partial charge in [-0.25, -0.2) is 13.2 Å². The van der Waals surface area contributed by atoms with Crippen LogP contribution in [0, 0.1) is 6.92 Å². The average Bonchev–Trinajstić information content (AvgIpc) is 2.65. The second-order valence-corrected chi connectivity index (χ2v) is 8.07. The molecular weight excluding hydrogens is 398 g/mol. The maximum Gasteiger partial charge on any atom is 0.323 e. The predicted octanol–water partition coefficient (Wildman–Crippen LogP) is 5.09. The summed E-state index contributed by atoms with van der Waals surface area (Å²) in [7, 11) is -3.87. The Morgan fingerprint density at radius 1 is 0.857 bits per heavy atom. The van der Waals surface area contributed by atoms with E-state index in [0.717, 1.165) is 0 Å². The number of rotatable bonds is 5. The molecule has 0 spiro atoms. The van der Waals surface area contributed by atoms with Crippen LogP contribution in [-0.2, 0) is 10.0 Å². The number of anilines is 3. The molecule has 0 aliphatic carbocycles. The molecule has 0 aliphatic rings. The first-order valence-electron chi connectivity index (χ1n) is 8.36. The van der Waals surface area contributed by atoms with Crippen molar-refractivity contribution in [2.24, 2.45) is 0 Å². The number of urea groups is 1. The highest BCUT2D eigenvalue weighted by molar-refractivity contribution is 7.92. The van der Waals surface area contributed by atoms with Gasteiger partial charge in [-0.05, 0) is 48.9 Å². The van der Waals surface area contributed by atoms with Crippen molar-refractivity contribution < 1.29 is 13.2 Å². The molecule has 3 aromatic carbocycles. The van der Waals surface area contributed by atoms with Crippen LogP contribution in [0.5, 0.6) is 0 Å². The van der Waals surface area contributed by atoms with Crippen molar-refractivity contribution in [1.29, 1.82) is 0 Å². The number of hydrogen-bond donors (Lipinski definition) is 3. The molecule has 0 aliphatic heterocycles. The second-order valence-electron chi connectivity index (χ2n) is 6.01. The monoisotopic (exact) mass is 415 g/mol. The molecule has 144 valence electrons. The van der Waals surface area contributed by atoms with E-state index in [1.807, 2.05) is 18.2 Å². The molecule has 0 atom stereocenters. The van der Waals surface area contributed by atoms with Gasteiger partial charge in [0.25, 0.3) is 10.0 Å². The van der Waals surface area contributed by atoms with Crippen LogP contribution < -0.4 is 15.4 Å². The van der Waals surface area contributed by atoms with Crippen molar-refractivity contribution in [3.05, 3.63) is 83.4 Å². The van der Waals surface area contributed by atoms with E-state index < -0.39 is 16.1 Å². The molecule has 0 saturated heterocycles. The van der Waals surface area contributed by atoms with Crippen LogP contribution in [-0.4, -0.2) is 14.4 Å². The van der Waals surface area contributed by atoms with Gasteiger partial charge in [0.15, 0.2) is 0 Å². The highest BCUT2D eigenvalue weighted by Crippen LogP contribution is 2.26. The van der Waals surface area contributed by atoms with E-state index in [1.54, 1.807) is 49.4 Å². The van der Waals surface area contributed by atoms with Crippen molar-refractivity contribution in [2.75, 3.05) is 15.4 Å². The van der Waals surface area contributed by atoms with Crippen LogP contribution in [0.4, 0.5) is 21.9 Å². The van der Waals surface area contributed by atoms with Crippen LogP contribution in [0.3, 0.4) is 0 Å². The van der Waals surface area contributed by atoms with E-state index in [1.165, 1.54) is 12.1 Å². The third-order valence-electron chi connectivity index (χ3n) is 3.90. The van der Waals surface area contributed by atoms with Crippen LogP contribution in [0.2, 0.25) is 5.02 Å². The Balaban J connectivity index is 1.78. The minimum absolute atomic E-state index is 0.0174. The summed E-state index contributed by atoms with van der Waals surface area (Å²) < 4.78 is 27.8. The number of benzene rings is 3. The SMILES string of the molecule is Cc1ccc(NC(=O)Nc2ccccc2)cc1NS(=O)(=O)c1ccccc1Cl.